The van der Waals surface area contributed by atoms with Crippen LogP contribution in [0.1, 0.15) is 17.5 Å². The lowest BCUT2D eigenvalue weighted by molar-refractivity contribution is 0.104. The van der Waals surface area contributed by atoms with Crippen molar-refractivity contribution in [2.75, 3.05) is 33.5 Å². The molecule has 96 valence electrons. The Bertz CT molecular complexity index is 305. The molecule has 1 heterocycles. The van der Waals surface area contributed by atoms with E-state index in [4.69, 9.17) is 9.47 Å². The van der Waals surface area contributed by atoms with Gasteiger partial charge in [0.2, 0.25) is 0 Å². The molecule has 0 fully saturated rings. The van der Waals surface area contributed by atoms with E-state index in [1.807, 2.05) is 18.5 Å². The first-order valence-electron chi connectivity index (χ1n) is 6.01. The number of aryl methyl sites for hydroxylation is 1. The van der Waals surface area contributed by atoms with Gasteiger partial charge in [-0.25, -0.2) is 0 Å². The molecular weight excluding hydrogens is 216 g/mol. The fourth-order valence-electron chi connectivity index (χ4n) is 1.46. The summed E-state index contributed by atoms with van der Waals surface area (Å²) in [7, 11) is 1.71. The van der Waals surface area contributed by atoms with Crippen molar-refractivity contribution >= 4 is 0 Å². The number of aromatic nitrogens is 1. The number of hydrogen-bond donors (Lipinski definition) is 1. The summed E-state index contributed by atoms with van der Waals surface area (Å²) in [5.74, 6) is 0. The van der Waals surface area contributed by atoms with Crippen LogP contribution in [-0.4, -0.2) is 38.5 Å². The molecule has 0 aliphatic carbocycles. The molecule has 17 heavy (non-hydrogen) atoms. The molecule has 0 aromatic carbocycles. The highest BCUT2D eigenvalue weighted by Gasteiger charge is 1.96. The van der Waals surface area contributed by atoms with Gasteiger partial charge in [0.25, 0.3) is 0 Å². The largest absolute Gasteiger partial charge is 0.385 e. The molecule has 1 N–H and O–H groups in total. The number of pyridine rings is 1. The van der Waals surface area contributed by atoms with E-state index in [1.165, 1.54) is 11.1 Å². The van der Waals surface area contributed by atoms with Crippen LogP contribution in [0, 0.1) is 6.92 Å². The second-order valence-corrected chi connectivity index (χ2v) is 3.94. The van der Waals surface area contributed by atoms with Crippen molar-refractivity contribution in [3.8, 4) is 0 Å². The van der Waals surface area contributed by atoms with Crippen molar-refractivity contribution in [3.63, 3.8) is 0 Å². The van der Waals surface area contributed by atoms with Crippen LogP contribution in [0.3, 0.4) is 0 Å². The first-order chi connectivity index (χ1) is 8.34. The number of nitrogens with one attached hydrogen (secondary N) is 1. The van der Waals surface area contributed by atoms with Gasteiger partial charge < -0.3 is 14.8 Å². The molecule has 0 unspecified atom stereocenters. The van der Waals surface area contributed by atoms with Crippen LogP contribution in [0.5, 0.6) is 0 Å². The second-order valence-electron chi connectivity index (χ2n) is 3.94. The van der Waals surface area contributed by atoms with Crippen LogP contribution < -0.4 is 5.32 Å². The highest BCUT2D eigenvalue weighted by Crippen LogP contribution is 2.03. The summed E-state index contributed by atoms with van der Waals surface area (Å²) in [5, 5.41) is 3.34. The molecular formula is C13H22N2O2. The number of methoxy groups -OCH3 is 1. The van der Waals surface area contributed by atoms with Gasteiger partial charge in [0.15, 0.2) is 0 Å². The minimum atomic E-state index is 0.739. The Morgan fingerprint density at radius 2 is 2.18 bits per heavy atom. The molecule has 0 aliphatic rings. The summed E-state index contributed by atoms with van der Waals surface area (Å²) in [6.45, 7) is 6.08. The minimum Gasteiger partial charge on any atom is -0.385 e. The third kappa shape index (κ3) is 6.36. The molecule has 0 saturated heterocycles. The molecule has 1 aromatic heterocycles. The normalized spacial score (nSPS) is 10.7. The van der Waals surface area contributed by atoms with E-state index in [-0.39, 0.29) is 0 Å². The summed E-state index contributed by atoms with van der Waals surface area (Å²) < 4.78 is 10.4. The van der Waals surface area contributed by atoms with Crippen molar-refractivity contribution in [2.45, 2.75) is 19.9 Å². The minimum absolute atomic E-state index is 0.739. The third-order valence-corrected chi connectivity index (χ3v) is 2.52. The molecule has 0 saturated carbocycles. The maximum absolute atomic E-state index is 5.45. The number of hydrogen-bond acceptors (Lipinski definition) is 4. The van der Waals surface area contributed by atoms with Gasteiger partial charge in [-0.3, -0.25) is 4.98 Å². The highest BCUT2D eigenvalue weighted by molar-refractivity contribution is 5.20. The van der Waals surface area contributed by atoms with Gasteiger partial charge in [0.1, 0.15) is 0 Å². The van der Waals surface area contributed by atoms with Gasteiger partial charge in [0, 0.05) is 45.8 Å². The Hall–Kier alpha value is -0.970. The van der Waals surface area contributed by atoms with Crippen LogP contribution in [0.2, 0.25) is 0 Å². The Kier molecular flexibility index (Phi) is 7.54. The quantitative estimate of drug-likeness (QED) is 0.663. The monoisotopic (exact) mass is 238 g/mol. The van der Waals surface area contributed by atoms with Crippen molar-refractivity contribution < 1.29 is 9.47 Å². The molecule has 0 spiro atoms. The zero-order chi connectivity index (χ0) is 12.3. The van der Waals surface area contributed by atoms with E-state index in [0.29, 0.717) is 0 Å². The summed E-state index contributed by atoms with van der Waals surface area (Å²) in [4.78, 5) is 4.11. The highest BCUT2D eigenvalue weighted by atomic mass is 16.5. The molecule has 0 radical (unpaired) electrons. The lowest BCUT2D eigenvalue weighted by Crippen LogP contribution is -2.20. The van der Waals surface area contributed by atoms with E-state index >= 15 is 0 Å². The zero-order valence-corrected chi connectivity index (χ0v) is 10.7. The summed E-state index contributed by atoms with van der Waals surface area (Å²) >= 11 is 0. The summed E-state index contributed by atoms with van der Waals surface area (Å²) in [6.07, 6.45) is 4.68. The maximum atomic E-state index is 5.45. The molecule has 4 heteroatoms. The first kappa shape index (κ1) is 14.1. The van der Waals surface area contributed by atoms with Gasteiger partial charge in [-0.05, 0) is 30.5 Å². The number of ether oxygens (including phenoxy) is 2. The zero-order valence-electron chi connectivity index (χ0n) is 10.7. The van der Waals surface area contributed by atoms with Gasteiger partial charge in [0.05, 0.1) is 6.61 Å². The van der Waals surface area contributed by atoms with E-state index in [2.05, 4.69) is 17.2 Å². The van der Waals surface area contributed by atoms with E-state index < -0.39 is 0 Å². The summed E-state index contributed by atoms with van der Waals surface area (Å²) in [6, 6.07) is 2.03. The average Bonchev–Trinajstić information content (AvgIpc) is 2.35. The molecule has 0 atom stereocenters. The van der Waals surface area contributed by atoms with Gasteiger partial charge in [-0.15, -0.1) is 0 Å². The van der Waals surface area contributed by atoms with Gasteiger partial charge in [-0.2, -0.15) is 0 Å². The smallest absolute Gasteiger partial charge is 0.0591 e. The Morgan fingerprint density at radius 3 is 2.94 bits per heavy atom. The van der Waals surface area contributed by atoms with Crippen molar-refractivity contribution in [1.82, 2.24) is 10.3 Å². The van der Waals surface area contributed by atoms with Crippen LogP contribution in [0.4, 0.5) is 0 Å². The van der Waals surface area contributed by atoms with Crippen molar-refractivity contribution in [1.29, 1.82) is 0 Å². The average molecular weight is 238 g/mol. The van der Waals surface area contributed by atoms with Crippen molar-refractivity contribution in [2.24, 2.45) is 0 Å². The molecule has 0 bridgehead atoms. The van der Waals surface area contributed by atoms with Crippen LogP contribution >= 0.6 is 0 Å². The standard InChI is InChI=1S/C13H22N2O2/c1-12-4-5-14-10-13(12)11-15-6-9-17-8-3-7-16-2/h4-5,10,15H,3,6-9,11H2,1-2H3. The lowest BCUT2D eigenvalue weighted by Gasteiger charge is -2.07. The Labute approximate surface area is 103 Å². The SMILES string of the molecule is COCCCOCCNCc1cnccc1C. The molecule has 0 amide bonds. The third-order valence-electron chi connectivity index (χ3n) is 2.52. The van der Waals surface area contributed by atoms with Gasteiger partial charge in [-0.1, -0.05) is 0 Å². The van der Waals surface area contributed by atoms with Crippen molar-refractivity contribution in [3.05, 3.63) is 29.6 Å². The van der Waals surface area contributed by atoms with Crippen LogP contribution in [0.25, 0.3) is 0 Å². The van der Waals surface area contributed by atoms with E-state index in [1.54, 1.807) is 7.11 Å². The lowest BCUT2D eigenvalue weighted by atomic mass is 10.2. The molecule has 0 aliphatic heterocycles. The fourth-order valence-corrected chi connectivity index (χ4v) is 1.46. The van der Waals surface area contributed by atoms with E-state index in [9.17, 15) is 0 Å². The van der Waals surface area contributed by atoms with Crippen LogP contribution in [-0.2, 0) is 16.0 Å². The topological polar surface area (TPSA) is 43.4 Å². The number of rotatable bonds is 9. The Morgan fingerprint density at radius 1 is 1.29 bits per heavy atom. The van der Waals surface area contributed by atoms with Crippen LogP contribution in [0.15, 0.2) is 18.5 Å². The molecule has 4 nitrogen and oxygen atoms in total. The van der Waals surface area contributed by atoms with E-state index in [0.717, 1.165) is 39.3 Å². The predicted octanol–water partition coefficient (Wildman–Crippen LogP) is 1.53. The second kappa shape index (κ2) is 9.10. The molecule has 1 aromatic rings. The maximum Gasteiger partial charge on any atom is 0.0591 e. The predicted molar refractivity (Wildman–Crippen MR) is 68.0 cm³/mol. The van der Waals surface area contributed by atoms with Gasteiger partial charge >= 0.3 is 0 Å². The first-order valence-corrected chi connectivity index (χ1v) is 6.01. The fraction of sp³-hybridized carbons (Fsp3) is 0.615. The summed E-state index contributed by atoms with van der Waals surface area (Å²) in [5.41, 5.74) is 2.51. The molecule has 1 rings (SSSR count). The number of nitrogens with zero attached hydrogens (tertiary/aromatic N) is 1. The Balaban J connectivity index is 1.99.